The van der Waals surface area contributed by atoms with Crippen molar-refractivity contribution in [1.82, 2.24) is 9.21 Å². The van der Waals surface area contributed by atoms with Crippen molar-refractivity contribution in [3.63, 3.8) is 0 Å². The quantitative estimate of drug-likeness (QED) is 0.627. The second-order valence-corrected chi connectivity index (χ2v) is 11.2. The Morgan fingerprint density at radius 2 is 1.72 bits per heavy atom. The lowest BCUT2D eigenvalue weighted by Gasteiger charge is -2.34. The van der Waals surface area contributed by atoms with Crippen LogP contribution in [0.15, 0.2) is 53.4 Å². The van der Waals surface area contributed by atoms with Gasteiger partial charge in [-0.3, -0.25) is 4.79 Å². The first-order valence-corrected chi connectivity index (χ1v) is 12.8. The van der Waals surface area contributed by atoms with Crippen molar-refractivity contribution in [1.29, 1.82) is 0 Å². The highest BCUT2D eigenvalue weighted by molar-refractivity contribution is 7.89. The summed E-state index contributed by atoms with van der Waals surface area (Å²) in [5, 5.41) is 0. The second kappa shape index (κ2) is 9.24. The van der Waals surface area contributed by atoms with Gasteiger partial charge in [0.25, 0.3) is 5.91 Å². The Morgan fingerprint density at radius 3 is 2.31 bits per heavy atom. The molecule has 1 saturated carbocycles. The summed E-state index contributed by atoms with van der Waals surface area (Å²) in [5.74, 6) is 0.713. The summed E-state index contributed by atoms with van der Waals surface area (Å²) in [7, 11) is -2.32. The van der Waals surface area contributed by atoms with E-state index in [9.17, 15) is 13.2 Å². The lowest BCUT2D eigenvalue weighted by molar-refractivity contribution is 0.0729. The number of rotatable bonds is 7. The first kappa shape index (κ1) is 22.8. The van der Waals surface area contributed by atoms with Crippen molar-refractivity contribution in [2.75, 3.05) is 20.2 Å². The molecule has 0 bridgehead atoms. The number of sulfonamides is 1. The van der Waals surface area contributed by atoms with Crippen molar-refractivity contribution in [3.05, 3.63) is 59.7 Å². The minimum absolute atomic E-state index is 0.0719. The van der Waals surface area contributed by atoms with Gasteiger partial charge in [-0.1, -0.05) is 44.2 Å². The number of carbonyl (C=O) groups is 1. The first-order valence-electron chi connectivity index (χ1n) is 11.3. The Balaban J connectivity index is 1.65. The highest BCUT2D eigenvalue weighted by atomic mass is 32.2. The van der Waals surface area contributed by atoms with E-state index in [1.165, 1.54) is 13.2 Å². The number of benzene rings is 2. The van der Waals surface area contributed by atoms with Gasteiger partial charge in [0.2, 0.25) is 10.0 Å². The molecule has 2 atom stereocenters. The molecule has 2 aliphatic rings. The minimum Gasteiger partial charge on any atom is -0.495 e. The summed E-state index contributed by atoms with van der Waals surface area (Å²) in [6.07, 6.45) is 2.96. The highest BCUT2D eigenvalue weighted by Gasteiger charge is 2.36. The van der Waals surface area contributed by atoms with E-state index < -0.39 is 10.0 Å². The zero-order valence-electron chi connectivity index (χ0n) is 19.0. The molecule has 1 saturated heterocycles. The molecule has 1 aliphatic carbocycles. The van der Waals surface area contributed by atoms with Crippen molar-refractivity contribution in [2.45, 2.75) is 50.6 Å². The summed E-state index contributed by atoms with van der Waals surface area (Å²) < 4.78 is 34.1. The molecule has 0 aromatic heterocycles. The molecular formula is C25H32N2O4S. The molecule has 7 heteroatoms. The van der Waals surface area contributed by atoms with Gasteiger partial charge < -0.3 is 9.64 Å². The number of nitrogens with zero attached hydrogens (tertiary/aromatic N) is 2. The molecule has 0 N–H and O–H groups in total. The zero-order valence-corrected chi connectivity index (χ0v) is 19.8. The van der Waals surface area contributed by atoms with E-state index in [0.29, 0.717) is 37.0 Å². The normalized spacial score (nSPS) is 21.8. The van der Waals surface area contributed by atoms with Gasteiger partial charge >= 0.3 is 0 Å². The van der Waals surface area contributed by atoms with E-state index in [1.807, 2.05) is 35.2 Å². The zero-order chi connectivity index (χ0) is 22.9. The maximum atomic E-state index is 13.6. The van der Waals surface area contributed by atoms with Gasteiger partial charge in [0.15, 0.2) is 0 Å². The molecule has 1 amide bonds. The monoisotopic (exact) mass is 456 g/mol. The molecule has 1 aliphatic heterocycles. The fraction of sp³-hybridized carbons (Fsp3) is 0.480. The Kier molecular flexibility index (Phi) is 6.58. The Hall–Kier alpha value is -2.38. The van der Waals surface area contributed by atoms with E-state index in [0.717, 1.165) is 24.8 Å². The summed E-state index contributed by atoms with van der Waals surface area (Å²) in [6.45, 7) is 5.63. The van der Waals surface area contributed by atoms with E-state index >= 15 is 0 Å². The van der Waals surface area contributed by atoms with Crippen LogP contribution in [-0.4, -0.2) is 49.8 Å². The van der Waals surface area contributed by atoms with Crippen LogP contribution in [0, 0.1) is 11.8 Å². The van der Waals surface area contributed by atoms with Crippen molar-refractivity contribution >= 4 is 15.9 Å². The lowest BCUT2D eigenvalue weighted by Crippen LogP contribution is -2.42. The SMILES string of the molecule is COc1ccc(C(=O)N(Cc2ccccc2)C2CC2)cc1S(=O)(=O)N1CC(C)CC(C)C1. The first-order chi connectivity index (χ1) is 15.3. The van der Waals surface area contributed by atoms with Crippen LogP contribution in [0.25, 0.3) is 0 Å². The van der Waals surface area contributed by atoms with Gasteiger partial charge in [-0.2, -0.15) is 4.31 Å². The molecule has 4 rings (SSSR count). The van der Waals surface area contributed by atoms with Crippen LogP contribution in [0.5, 0.6) is 5.75 Å². The number of amides is 1. The number of hydrogen-bond acceptors (Lipinski definition) is 4. The largest absolute Gasteiger partial charge is 0.495 e. The predicted molar refractivity (Wildman–Crippen MR) is 124 cm³/mol. The van der Waals surface area contributed by atoms with Gasteiger partial charge in [0.05, 0.1) is 7.11 Å². The second-order valence-electron chi connectivity index (χ2n) is 9.28. The number of hydrogen-bond donors (Lipinski definition) is 0. The van der Waals surface area contributed by atoms with Crippen molar-refractivity contribution < 1.29 is 17.9 Å². The maximum absolute atomic E-state index is 13.6. The fourth-order valence-electron chi connectivity index (χ4n) is 4.65. The van der Waals surface area contributed by atoms with Crippen LogP contribution in [-0.2, 0) is 16.6 Å². The molecule has 0 spiro atoms. The summed E-state index contributed by atoms with van der Waals surface area (Å²) in [5.41, 5.74) is 1.44. The molecule has 2 aromatic rings. The maximum Gasteiger partial charge on any atom is 0.254 e. The predicted octanol–water partition coefficient (Wildman–Crippen LogP) is 4.17. The van der Waals surface area contributed by atoms with Crippen LogP contribution < -0.4 is 4.74 Å². The lowest BCUT2D eigenvalue weighted by atomic mass is 9.94. The van der Waals surface area contributed by atoms with Gasteiger partial charge in [0.1, 0.15) is 10.6 Å². The number of ether oxygens (including phenoxy) is 1. The summed E-state index contributed by atoms with van der Waals surface area (Å²) >= 11 is 0. The van der Waals surface area contributed by atoms with Crippen LogP contribution in [0.4, 0.5) is 0 Å². The fourth-order valence-corrected chi connectivity index (χ4v) is 6.51. The molecule has 172 valence electrons. The van der Waals surface area contributed by atoms with Crippen molar-refractivity contribution in [2.24, 2.45) is 11.8 Å². The van der Waals surface area contributed by atoms with E-state index in [-0.39, 0.29) is 22.6 Å². The third-order valence-electron chi connectivity index (χ3n) is 6.31. The molecule has 2 unspecified atom stereocenters. The van der Waals surface area contributed by atoms with Crippen LogP contribution in [0.1, 0.15) is 49.0 Å². The highest BCUT2D eigenvalue weighted by Crippen LogP contribution is 2.34. The Labute approximate surface area is 191 Å². The molecule has 0 radical (unpaired) electrons. The van der Waals surface area contributed by atoms with Crippen LogP contribution in [0.3, 0.4) is 0 Å². The molecule has 2 fully saturated rings. The van der Waals surface area contributed by atoms with Gasteiger partial charge in [0, 0.05) is 31.2 Å². The van der Waals surface area contributed by atoms with Crippen LogP contribution in [0.2, 0.25) is 0 Å². The van der Waals surface area contributed by atoms with Gasteiger partial charge in [-0.05, 0) is 54.9 Å². The number of carbonyl (C=O) groups excluding carboxylic acids is 1. The van der Waals surface area contributed by atoms with E-state index in [2.05, 4.69) is 13.8 Å². The molecule has 6 nitrogen and oxygen atoms in total. The average Bonchev–Trinajstić information content (AvgIpc) is 3.62. The van der Waals surface area contributed by atoms with Gasteiger partial charge in [-0.25, -0.2) is 8.42 Å². The van der Waals surface area contributed by atoms with E-state index in [4.69, 9.17) is 4.74 Å². The molecule has 2 aromatic carbocycles. The minimum atomic E-state index is -3.78. The third-order valence-corrected chi connectivity index (χ3v) is 8.16. The summed E-state index contributed by atoms with van der Waals surface area (Å²) in [4.78, 5) is 15.4. The van der Waals surface area contributed by atoms with E-state index in [1.54, 1.807) is 16.4 Å². The third kappa shape index (κ3) is 4.84. The number of piperidine rings is 1. The Morgan fingerprint density at radius 1 is 1.06 bits per heavy atom. The standard InChI is InChI=1S/C25H32N2O4S/c1-18-13-19(2)16-26(15-18)32(29,30)24-14-21(9-12-23(24)31-3)25(28)27(22-10-11-22)17-20-7-5-4-6-8-20/h4-9,12,14,18-19,22H,10-11,13,15-17H2,1-3H3. The van der Waals surface area contributed by atoms with Gasteiger partial charge in [-0.15, -0.1) is 0 Å². The smallest absolute Gasteiger partial charge is 0.254 e. The summed E-state index contributed by atoms with van der Waals surface area (Å²) in [6, 6.07) is 14.9. The number of methoxy groups -OCH3 is 1. The van der Waals surface area contributed by atoms with Crippen LogP contribution >= 0.6 is 0 Å². The average molecular weight is 457 g/mol. The molecule has 1 heterocycles. The molecular weight excluding hydrogens is 424 g/mol. The topological polar surface area (TPSA) is 66.9 Å². The Bertz CT molecular complexity index is 1060. The molecule has 32 heavy (non-hydrogen) atoms. The van der Waals surface area contributed by atoms with Crippen molar-refractivity contribution in [3.8, 4) is 5.75 Å².